The zero-order valence-corrected chi connectivity index (χ0v) is 12.4. The molecule has 120 valence electrons. The van der Waals surface area contributed by atoms with Crippen molar-refractivity contribution in [2.24, 2.45) is 0 Å². The number of carbonyl (C=O) groups excluding carboxylic acids is 2. The molecule has 1 aromatic carbocycles. The first-order valence-electron chi connectivity index (χ1n) is 6.78. The van der Waals surface area contributed by atoms with E-state index in [1.165, 1.54) is 43.8 Å². The average Bonchev–Trinajstić information content (AvgIpc) is 2.55. The summed E-state index contributed by atoms with van der Waals surface area (Å²) in [6.07, 6.45) is 1.34. The van der Waals surface area contributed by atoms with E-state index < -0.39 is 5.82 Å². The summed E-state index contributed by atoms with van der Waals surface area (Å²) in [6, 6.07) is 6.62. The third-order valence-corrected chi connectivity index (χ3v) is 2.86. The lowest BCUT2D eigenvalue weighted by Crippen LogP contribution is -2.27. The molecule has 1 heterocycles. The van der Waals surface area contributed by atoms with Crippen LogP contribution in [0, 0.1) is 5.82 Å². The molecule has 2 N–H and O–H groups in total. The topological polar surface area (TPSA) is 93.2 Å². The first kappa shape index (κ1) is 16.3. The number of amides is 2. The highest BCUT2D eigenvalue weighted by Gasteiger charge is 2.08. The largest absolute Gasteiger partial charge is 0.481 e. The summed E-state index contributed by atoms with van der Waals surface area (Å²) >= 11 is 0. The number of carbonyl (C=O) groups is 2. The van der Waals surface area contributed by atoms with Crippen LogP contribution in [0.4, 0.5) is 10.2 Å². The molecule has 0 radical (unpaired) electrons. The Morgan fingerprint density at radius 2 is 1.96 bits per heavy atom. The molecule has 7 nitrogen and oxygen atoms in total. The van der Waals surface area contributed by atoms with Gasteiger partial charge in [-0.25, -0.2) is 14.4 Å². The van der Waals surface area contributed by atoms with E-state index in [4.69, 9.17) is 4.74 Å². The Labute approximate surface area is 131 Å². The summed E-state index contributed by atoms with van der Waals surface area (Å²) in [7, 11) is 1.46. The highest BCUT2D eigenvalue weighted by Crippen LogP contribution is 2.10. The Kier molecular flexibility index (Phi) is 5.56. The highest BCUT2D eigenvalue weighted by atomic mass is 19.1. The zero-order chi connectivity index (χ0) is 16.7. The van der Waals surface area contributed by atoms with E-state index in [2.05, 4.69) is 20.6 Å². The van der Waals surface area contributed by atoms with Crippen molar-refractivity contribution >= 4 is 17.6 Å². The maximum Gasteiger partial charge on any atom is 0.251 e. The van der Waals surface area contributed by atoms with E-state index in [0.717, 1.165) is 0 Å². The van der Waals surface area contributed by atoms with Crippen molar-refractivity contribution in [1.82, 2.24) is 15.3 Å². The van der Waals surface area contributed by atoms with Crippen LogP contribution in [0.3, 0.4) is 0 Å². The second-order valence-corrected chi connectivity index (χ2v) is 4.51. The Balaban J connectivity index is 1.78. The van der Waals surface area contributed by atoms with Gasteiger partial charge in [0.2, 0.25) is 11.8 Å². The van der Waals surface area contributed by atoms with Crippen LogP contribution in [-0.2, 0) is 4.79 Å². The predicted molar refractivity (Wildman–Crippen MR) is 80.6 cm³/mol. The number of hydrogen-bond donors (Lipinski definition) is 2. The minimum absolute atomic E-state index is 0.0687. The van der Waals surface area contributed by atoms with Crippen molar-refractivity contribution in [3.63, 3.8) is 0 Å². The fraction of sp³-hybridized carbons (Fsp3) is 0.200. The maximum absolute atomic E-state index is 12.8. The van der Waals surface area contributed by atoms with E-state index in [-0.39, 0.29) is 24.8 Å². The lowest BCUT2D eigenvalue weighted by Gasteiger charge is -2.07. The van der Waals surface area contributed by atoms with Crippen molar-refractivity contribution in [3.05, 3.63) is 48.0 Å². The minimum atomic E-state index is -0.416. The van der Waals surface area contributed by atoms with Gasteiger partial charge in [0.1, 0.15) is 18.0 Å². The summed E-state index contributed by atoms with van der Waals surface area (Å²) in [6.45, 7) is 0.143. The Morgan fingerprint density at radius 3 is 2.65 bits per heavy atom. The Bertz CT molecular complexity index is 691. The van der Waals surface area contributed by atoms with E-state index in [1.807, 2.05) is 0 Å². The van der Waals surface area contributed by atoms with Gasteiger partial charge in [-0.1, -0.05) is 0 Å². The number of halogens is 1. The molecule has 8 heteroatoms. The van der Waals surface area contributed by atoms with Crippen LogP contribution in [0.5, 0.6) is 5.88 Å². The average molecular weight is 318 g/mol. The summed E-state index contributed by atoms with van der Waals surface area (Å²) in [5.41, 5.74) is 0.326. The van der Waals surface area contributed by atoms with E-state index in [0.29, 0.717) is 17.3 Å². The molecule has 0 unspecified atom stereocenters. The van der Waals surface area contributed by atoms with Gasteiger partial charge in [-0.15, -0.1) is 0 Å². The number of nitrogens with one attached hydrogen (secondary N) is 2. The molecule has 0 aliphatic carbocycles. The molecular weight excluding hydrogens is 303 g/mol. The first-order chi connectivity index (χ1) is 11.1. The molecular formula is C15H15FN4O3. The summed E-state index contributed by atoms with van der Waals surface area (Å²) in [4.78, 5) is 31.2. The maximum atomic E-state index is 12.8. The van der Waals surface area contributed by atoms with E-state index in [9.17, 15) is 14.0 Å². The fourth-order valence-electron chi connectivity index (χ4n) is 1.72. The van der Waals surface area contributed by atoms with Crippen LogP contribution in [0.25, 0.3) is 0 Å². The van der Waals surface area contributed by atoms with Crippen LogP contribution in [0.1, 0.15) is 16.8 Å². The molecule has 23 heavy (non-hydrogen) atoms. The van der Waals surface area contributed by atoms with Crippen molar-refractivity contribution in [3.8, 4) is 5.88 Å². The van der Waals surface area contributed by atoms with Crippen molar-refractivity contribution in [2.45, 2.75) is 6.42 Å². The van der Waals surface area contributed by atoms with Crippen molar-refractivity contribution in [1.29, 1.82) is 0 Å². The number of rotatable bonds is 6. The molecule has 2 amide bonds. The van der Waals surface area contributed by atoms with Crippen LogP contribution in [0.15, 0.2) is 36.7 Å². The van der Waals surface area contributed by atoms with Gasteiger partial charge in [0.15, 0.2) is 0 Å². The Hall–Kier alpha value is -3.03. The second-order valence-electron chi connectivity index (χ2n) is 4.51. The lowest BCUT2D eigenvalue weighted by molar-refractivity contribution is -0.116. The number of aromatic nitrogens is 2. The third kappa shape index (κ3) is 5.03. The molecule has 0 aliphatic rings. The summed E-state index contributed by atoms with van der Waals surface area (Å²) in [5, 5.41) is 5.14. The first-order valence-corrected chi connectivity index (χ1v) is 6.78. The van der Waals surface area contributed by atoms with Crippen LogP contribution in [0.2, 0.25) is 0 Å². The molecule has 0 saturated heterocycles. The molecule has 1 aromatic heterocycles. The SMILES string of the molecule is COc1cc(NC(=O)CCNC(=O)c2ccc(F)cc2)ncn1. The van der Waals surface area contributed by atoms with Gasteiger partial charge in [0, 0.05) is 24.6 Å². The number of anilines is 1. The van der Waals surface area contributed by atoms with Crippen LogP contribution < -0.4 is 15.4 Å². The van der Waals surface area contributed by atoms with Gasteiger partial charge in [-0.3, -0.25) is 9.59 Å². The fourth-order valence-corrected chi connectivity index (χ4v) is 1.72. The Morgan fingerprint density at radius 1 is 1.22 bits per heavy atom. The molecule has 2 rings (SSSR count). The highest BCUT2D eigenvalue weighted by molar-refractivity contribution is 5.95. The summed E-state index contributed by atoms with van der Waals surface area (Å²) in [5.74, 6) is -0.459. The molecule has 2 aromatic rings. The number of methoxy groups -OCH3 is 1. The van der Waals surface area contributed by atoms with Crippen molar-refractivity contribution < 1.29 is 18.7 Å². The smallest absolute Gasteiger partial charge is 0.251 e. The zero-order valence-electron chi connectivity index (χ0n) is 12.4. The summed E-state index contributed by atoms with van der Waals surface area (Å²) < 4.78 is 17.7. The number of ether oxygens (including phenoxy) is 1. The standard InChI is InChI=1S/C15H15FN4O3/c1-23-14-8-12(18-9-19-14)20-13(21)6-7-17-15(22)10-2-4-11(16)5-3-10/h2-5,8-9H,6-7H2,1H3,(H,17,22)(H,18,19,20,21). The quantitative estimate of drug-likeness (QED) is 0.839. The van der Waals surface area contributed by atoms with E-state index >= 15 is 0 Å². The normalized spacial score (nSPS) is 10.0. The van der Waals surface area contributed by atoms with Gasteiger partial charge < -0.3 is 15.4 Å². The van der Waals surface area contributed by atoms with Gasteiger partial charge >= 0.3 is 0 Å². The van der Waals surface area contributed by atoms with Crippen LogP contribution >= 0.6 is 0 Å². The molecule has 0 aliphatic heterocycles. The second kappa shape index (κ2) is 7.83. The minimum Gasteiger partial charge on any atom is -0.481 e. The molecule has 0 bridgehead atoms. The number of hydrogen-bond acceptors (Lipinski definition) is 5. The molecule has 0 saturated carbocycles. The molecule has 0 spiro atoms. The predicted octanol–water partition coefficient (Wildman–Crippen LogP) is 1.38. The van der Waals surface area contributed by atoms with Gasteiger partial charge in [-0.2, -0.15) is 0 Å². The van der Waals surface area contributed by atoms with Crippen LogP contribution in [-0.4, -0.2) is 35.4 Å². The van der Waals surface area contributed by atoms with Gasteiger partial charge in [-0.05, 0) is 24.3 Å². The lowest BCUT2D eigenvalue weighted by atomic mass is 10.2. The molecule has 0 atom stereocenters. The molecule has 0 fully saturated rings. The van der Waals surface area contributed by atoms with Gasteiger partial charge in [0.05, 0.1) is 7.11 Å². The van der Waals surface area contributed by atoms with Crippen molar-refractivity contribution in [2.75, 3.05) is 19.0 Å². The number of benzene rings is 1. The monoisotopic (exact) mass is 318 g/mol. The van der Waals surface area contributed by atoms with E-state index in [1.54, 1.807) is 0 Å². The third-order valence-electron chi connectivity index (χ3n) is 2.86. The number of nitrogens with zero attached hydrogens (tertiary/aromatic N) is 2. The van der Waals surface area contributed by atoms with Gasteiger partial charge in [0.25, 0.3) is 5.91 Å².